The fourth-order valence-electron chi connectivity index (χ4n) is 3.90. The zero-order valence-electron chi connectivity index (χ0n) is 17.4. The number of aryl methyl sites for hydroxylation is 2. The Labute approximate surface area is 180 Å². The van der Waals surface area contributed by atoms with E-state index in [4.69, 9.17) is 9.82 Å². The smallest absolute Gasteiger partial charge is 0.318 e. The van der Waals surface area contributed by atoms with Crippen molar-refractivity contribution in [2.75, 3.05) is 11.9 Å². The van der Waals surface area contributed by atoms with Gasteiger partial charge in [0.1, 0.15) is 5.52 Å². The Kier molecular flexibility index (Phi) is 4.88. The van der Waals surface area contributed by atoms with Crippen LogP contribution in [0.15, 0.2) is 67.0 Å². The van der Waals surface area contributed by atoms with E-state index < -0.39 is 0 Å². The second kappa shape index (κ2) is 7.85. The van der Waals surface area contributed by atoms with Gasteiger partial charge < -0.3 is 9.88 Å². The number of aromatic nitrogens is 3. The Morgan fingerprint density at radius 1 is 1.13 bits per heavy atom. The monoisotopic (exact) mass is 413 g/mol. The molecule has 0 spiro atoms. The summed E-state index contributed by atoms with van der Waals surface area (Å²) in [5.41, 5.74) is 6.18. The number of amides is 2. The first-order chi connectivity index (χ1) is 15.1. The minimum Gasteiger partial charge on any atom is -0.318 e. The number of nitrogens with one attached hydrogen (secondary N) is 1. The molecule has 0 bridgehead atoms. The molecule has 5 rings (SSSR count). The number of carbonyl (C=O) groups excluding carboxylic acids is 1. The molecule has 3 heterocycles. The van der Waals surface area contributed by atoms with Gasteiger partial charge in [0.15, 0.2) is 5.65 Å². The van der Waals surface area contributed by atoms with E-state index in [1.165, 1.54) is 5.06 Å². The lowest BCUT2D eigenvalue weighted by Gasteiger charge is -2.23. The number of fused-ring (bicyclic) bond motifs is 1. The van der Waals surface area contributed by atoms with Crippen molar-refractivity contribution >= 4 is 22.9 Å². The Morgan fingerprint density at radius 2 is 1.97 bits per heavy atom. The highest BCUT2D eigenvalue weighted by atomic mass is 16.7. The van der Waals surface area contributed by atoms with Crippen molar-refractivity contribution in [2.24, 2.45) is 7.05 Å². The normalized spacial score (nSPS) is 16.1. The lowest BCUT2D eigenvalue weighted by atomic mass is 10.0. The number of rotatable bonds is 3. The van der Waals surface area contributed by atoms with E-state index in [1.54, 1.807) is 6.33 Å². The molecule has 1 atom stereocenters. The Bertz CT molecular complexity index is 1250. The van der Waals surface area contributed by atoms with Gasteiger partial charge in [0.05, 0.1) is 24.7 Å². The van der Waals surface area contributed by atoms with Crippen LogP contribution in [0.4, 0.5) is 10.5 Å². The van der Waals surface area contributed by atoms with E-state index in [0.717, 1.165) is 45.7 Å². The molecule has 1 unspecified atom stereocenters. The molecule has 4 aromatic rings. The minimum atomic E-state index is -0.276. The molecule has 31 heavy (non-hydrogen) atoms. The molecule has 7 nitrogen and oxygen atoms in total. The molecule has 1 saturated heterocycles. The third-order valence-electron chi connectivity index (χ3n) is 5.62. The van der Waals surface area contributed by atoms with Crippen molar-refractivity contribution in [3.05, 3.63) is 78.1 Å². The first kappa shape index (κ1) is 19.3. The highest BCUT2D eigenvalue weighted by Gasteiger charge is 2.32. The number of pyridine rings is 1. The molecule has 1 aliphatic heterocycles. The second-order valence-electron chi connectivity index (χ2n) is 7.73. The average molecular weight is 413 g/mol. The van der Waals surface area contributed by atoms with Gasteiger partial charge in [0.25, 0.3) is 0 Å². The van der Waals surface area contributed by atoms with Gasteiger partial charge in [-0.2, -0.15) is 5.06 Å². The summed E-state index contributed by atoms with van der Waals surface area (Å²) in [5.74, 6) is 0. The largest absolute Gasteiger partial charge is 0.346 e. The van der Waals surface area contributed by atoms with Crippen LogP contribution in [0.5, 0.6) is 0 Å². The summed E-state index contributed by atoms with van der Waals surface area (Å²) in [4.78, 5) is 27.8. The number of benzene rings is 2. The quantitative estimate of drug-likeness (QED) is 0.521. The van der Waals surface area contributed by atoms with Crippen LogP contribution in [0.2, 0.25) is 0 Å². The molecule has 1 fully saturated rings. The number of carbonyl (C=O) groups is 1. The van der Waals surface area contributed by atoms with E-state index in [1.807, 2.05) is 79.2 Å². The van der Waals surface area contributed by atoms with Crippen LogP contribution < -0.4 is 5.32 Å². The number of nitrogens with zero attached hydrogens (tertiary/aromatic N) is 4. The standard InChI is InChI=1S/C24H23N5O2/c1-16-8-9-18(19-10-11-20-23(26-19)28(2)15-25-20)14-21(16)27-24(30)29-22(12-13-31-29)17-6-4-3-5-7-17/h3-11,14-15,22H,12-13H2,1-2H3,(H,27,30). The summed E-state index contributed by atoms with van der Waals surface area (Å²) in [6, 6.07) is 19.4. The number of urea groups is 1. The van der Waals surface area contributed by atoms with Gasteiger partial charge in [-0.1, -0.05) is 42.5 Å². The fourth-order valence-corrected chi connectivity index (χ4v) is 3.90. The van der Waals surface area contributed by atoms with Gasteiger partial charge in [0, 0.05) is 24.7 Å². The summed E-state index contributed by atoms with van der Waals surface area (Å²) in [7, 11) is 1.92. The van der Waals surface area contributed by atoms with Gasteiger partial charge in [-0.15, -0.1) is 0 Å². The topological polar surface area (TPSA) is 72.3 Å². The molecule has 0 aliphatic carbocycles. The maximum absolute atomic E-state index is 13.0. The van der Waals surface area contributed by atoms with Crippen LogP contribution in [0.25, 0.3) is 22.4 Å². The van der Waals surface area contributed by atoms with E-state index >= 15 is 0 Å². The van der Waals surface area contributed by atoms with Gasteiger partial charge >= 0.3 is 6.03 Å². The third kappa shape index (κ3) is 3.64. The molecule has 156 valence electrons. The van der Waals surface area contributed by atoms with Crippen LogP contribution in [0.1, 0.15) is 23.6 Å². The lowest BCUT2D eigenvalue weighted by molar-refractivity contribution is -0.0829. The van der Waals surface area contributed by atoms with Crippen molar-refractivity contribution in [2.45, 2.75) is 19.4 Å². The van der Waals surface area contributed by atoms with Gasteiger partial charge in [0.2, 0.25) is 0 Å². The molecule has 7 heteroatoms. The van der Waals surface area contributed by atoms with Crippen molar-refractivity contribution in [3.8, 4) is 11.3 Å². The Balaban J connectivity index is 1.41. The van der Waals surface area contributed by atoms with Crippen LogP contribution in [0.3, 0.4) is 0 Å². The third-order valence-corrected chi connectivity index (χ3v) is 5.62. The van der Waals surface area contributed by atoms with Gasteiger partial charge in [-0.05, 0) is 36.2 Å². The maximum atomic E-state index is 13.0. The highest BCUT2D eigenvalue weighted by molar-refractivity contribution is 5.91. The average Bonchev–Trinajstić information content (AvgIpc) is 3.43. The number of anilines is 1. The lowest BCUT2D eigenvalue weighted by Crippen LogP contribution is -2.33. The number of imidazole rings is 1. The van der Waals surface area contributed by atoms with E-state index in [2.05, 4.69) is 10.3 Å². The predicted octanol–water partition coefficient (Wildman–Crippen LogP) is 4.85. The molecule has 2 aromatic carbocycles. The van der Waals surface area contributed by atoms with E-state index in [9.17, 15) is 4.79 Å². The molecular weight excluding hydrogens is 390 g/mol. The van der Waals surface area contributed by atoms with Crippen molar-refractivity contribution in [1.82, 2.24) is 19.6 Å². The van der Waals surface area contributed by atoms with E-state index in [-0.39, 0.29) is 12.1 Å². The van der Waals surface area contributed by atoms with Gasteiger partial charge in [-0.3, -0.25) is 4.84 Å². The first-order valence-electron chi connectivity index (χ1n) is 10.3. The zero-order chi connectivity index (χ0) is 21.4. The Hall–Kier alpha value is -3.71. The molecule has 2 aromatic heterocycles. The van der Waals surface area contributed by atoms with Crippen molar-refractivity contribution in [3.63, 3.8) is 0 Å². The summed E-state index contributed by atoms with van der Waals surface area (Å²) < 4.78 is 1.89. The molecule has 1 N–H and O–H groups in total. The number of hydrogen-bond acceptors (Lipinski definition) is 4. The van der Waals surface area contributed by atoms with Crippen LogP contribution >= 0.6 is 0 Å². The minimum absolute atomic E-state index is 0.0985. The summed E-state index contributed by atoms with van der Waals surface area (Å²) in [5, 5.41) is 4.47. The predicted molar refractivity (Wildman–Crippen MR) is 119 cm³/mol. The zero-order valence-corrected chi connectivity index (χ0v) is 17.4. The summed E-state index contributed by atoms with van der Waals surface area (Å²) in [6.45, 7) is 2.48. The second-order valence-corrected chi connectivity index (χ2v) is 7.73. The fraction of sp³-hybridized carbons (Fsp3) is 0.208. The highest BCUT2D eigenvalue weighted by Crippen LogP contribution is 2.32. The molecule has 1 aliphatic rings. The van der Waals surface area contributed by atoms with E-state index in [0.29, 0.717) is 6.61 Å². The molecular formula is C24H23N5O2. The van der Waals surface area contributed by atoms with Crippen LogP contribution in [-0.4, -0.2) is 32.2 Å². The summed E-state index contributed by atoms with van der Waals surface area (Å²) >= 11 is 0. The van der Waals surface area contributed by atoms with Crippen LogP contribution in [0, 0.1) is 6.92 Å². The molecule has 2 amide bonds. The van der Waals surface area contributed by atoms with Gasteiger partial charge in [-0.25, -0.2) is 14.8 Å². The maximum Gasteiger partial charge on any atom is 0.346 e. The first-order valence-corrected chi connectivity index (χ1v) is 10.3. The summed E-state index contributed by atoms with van der Waals surface area (Å²) in [6.07, 6.45) is 2.52. The SMILES string of the molecule is Cc1ccc(-c2ccc3ncn(C)c3n2)cc1NC(=O)N1OCCC1c1ccccc1. The molecule has 0 radical (unpaired) electrons. The van der Waals surface area contributed by atoms with Crippen LogP contribution in [-0.2, 0) is 11.9 Å². The molecule has 0 saturated carbocycles. The number of hydroxylamine groups is 2. The van der Waals surface area contributed by atoms with Crippen molar-refractivity contribution in [1.29, 1.82) is 0 Å². The van der Waals surface area contributed by atoms with Crippen molar-refractivity contribution < 1.29 is 9.63 Å². The Morgan fingerprint density at radius 3 is 2.81 bits per heavy atom. The number of hydrogen-bond donors (Lipinski definition) is 1.